The van der Waals surface area contributed by atoms with Gasteiger partial charge in [-0.1, -0.05) is 32.9 Å². The molecule has 1 aromatic heterocycles. The maximum atomic E-state index is 8.49. The summed E-state index contributed by atoms with van der Waals surface area (Å²) < 4.78 is 36.3. The molecule has 0 atom stereocenters. The van der Waals surface area contributed by atoms with Gasteiger partial charge in [0.1, 0.15) is 11.5 Å². The zero-order valence-corrected chi connectivity index (χ0v) is 15.7. The van der Waals surface area contributed by atoms with Crippen LogP contribution >= 0.6 is 11.5 Å². The molecule has 0 unspecified atom stereocenters. The first-order chi connectivity index (χ1) is 11.0. The molecule has 0 aliphatic heterocycles. The number of halogens is 1. The first kappa shape index (κ1) is 19.3. The van der Waals surface area contributed by atoms with E-state index in [1.54, 1.807) is 10.4 Å². The third kappa shape index (κ3) is 5.81. The minimum Gasteiger partial charge on any atom is -0.222 e. The zero-order valence-electron chi connectivity index (χ0n) is 14.1. The van der Waals surface area contributed by atoms with E-state index in [0.29, 0.717) is 0 Å². The Morgan fingerprint density at radius 3 is 2.00 bits per heavy atom. The van der Waals surface area contributed by atoms with Gasteiger partial charge in [0.05, 0.1) is 4.88 Å². The molecule has 0 saturated heterocycles. The number of benzene rings is 1. The van der Waals surface area contributed by atoms with Crippen molar-refractivity contribution in [3.63, 3.8) is 0 Å². The predicted molar refractivity (Wildman–Crippen MR) is 81.2 cm³/mol. The molecule has 0 saturated carbocycles. The average molecular weight is 372 g/mol. The van der Waals surface area contributed by atoms with Gasteiger partial charge in [-0.05, 0) is 36.7 Å². The highest BCUT2D eigenvalue weighted by Gasteiger charge is 2.21. The Morgan fingerprint density at radius 1 is 0.958 bits per heavy atom. The molecule has 1 aliphatic rings. The number of hydrogen-bond donors (Lipinski definition) is 0. The van der Waals surface area contributed by atoms with Crippen LogP contribution in [0.15, 0.2) is 30.5 Å². The number of hydrogen-bond acceptors (Lipinski definition) is 5. The molecule has 0 fully saturated rings. The van der Waals surface area contributed by atoms with Crippen LogP contribution in [0.3, 0.4) is 0 Å². The van der Waals surface area contributed by atoms with Gasteiger partial charge in [-0.3, -0.25) is 0 Å². The molecule has 24 heavy (non-hydrogen) atoms. The lowest BCUT2D eigenvalue weighted by Crippen LogP contribution is -2.68. The quantitative estimate of drug-likeness (QED) is 0.628. The van der Waals surface area contributed by atoms with Crippen LogP contribution in [0.2, 0.25) is 0 Å². The largest absolute Gasteiger partial charge is 0.224 e. The monoisotopic (exact) mass is 371 g/mol. The molecule has 1 aromatic carbocycles. The number of rotatable bonds is 1. The van der Waals surface area contributed by atoms with Crippen molar-refractivity contribution in [2.45, 2.75) is 51.9 Å². The summed E-state index contributed by atoms with van der Waals surface area (Å²) in [6.07, 6.45) is 7.58. The topological polar surface area (TPSA) is 96.1 Å². The van der Waals surface area contributed by atoms with Crippen molar-refractivity contribution in [2.24, 2.45) is 0 Å². The van der Waals surface area contributed by atoms with E-state index in [0.717, 1.165) is 0 Å². The number of aromatic nitrogens is 1. The zero-order chi connectivity index (χ0) is 18.0. The molecular formula is C17H22ClNO4S. The Hall–Kier alpha value is -1.02. The molecule has 1 aliphatic carbocycles. The summed E-state index contributed by atoms with van der Waals surface area (Å²) in [5, 5.41) is 0. The van der Waals surface area contributed by atoms with Crippen LogP contribution in [0.4, 0.5) is 0 Å². The third-order valence-electron chi connectivity index (χ3n) is 3.93. The van der Waals surface area contributed by atoms with Crippen LogP contribution in [0.25, 0.3) is 5.69 Å². The molecule has 0 amide bonds. The molecule has 2 aromatic rings. The number of fused-ring (bicyclic) bond motifs is 1. The van der Waals surface area contributed by atoms with Gasteiger partial charge in [0.25, 0.3) is 0 Å². The minimum absolute atomic E-state index is 0.234. The van der Waals surface area contributed by atoms with E-state index < -0.39 is 10.2 Å². The van der Waals surface area contributed by atoms with Crippen LogP contribution in [0.1, 0.15) is 49.6 Å². The molecule has 0 spiro atoms. The second-order valence-corrected chi connectivity index (χ2v) is 8.70. The van der Waals surface area contributed by atoms with Gasteiger partial charge in [-0.2, -0.15) is 0 Å². The average Bonchev–Trinajstić information content (AvgIpc) is 2.88. The van der Waals surface area contributed by atoms with Crippen molar-refractivity contribution in [2.75, 3.05) is 0 Å². The molecule has 5 nitrogen and oxygen atoms in total. The van der Waals surface area contributed by atoms with E-state index in [1.807, 2.05) is 11.5 Å². The molecule has 132 valence electrons. The molecule has 1 heterocycles. The normalized spacial score (nSPS) is 14.6. The Labute approximate surface area is 148 Å². The third-order valence-corrected chi connectivity index (χ3v) is 5.13. The molecule has 3 rings (SSSR count). The standard InChI is InChI=1S/C17H22NS.ClHO4/c1-17(2,3)14-8-10-15(11-9-14)18-12-13-6-4-5-7-16(13)19-18;2-1(3,4)5/h8-12H,4-7H2,1-3H3;(H,2,3,4,5)/q+1;/p-1. The number of nitrogens with zero attached hydrogens (tertiary/aromatic N) is 1. The van der Waals surface area contributed by atoms with E-state index in [4.69, 9.17) is 18.6 Å². The summed E-state index contributed by atoms with van der Waals surface area (Å²) in [6, 6.07) is 9.03. The first-order valence-electron chi connectivity index (χ1n) is 7.80. The molecule has 0 N–H and O–H groups in total. The summed E-state index contributed by atoms with van der Waals surface area (Å²) in [5.41, 5.74) is 4.50. The number of aryl methyl sites for hydroxylation is 2. The fourth-order valence-corrected chi connectivity index (χ4v) is 3.82. The van der Waals surface area contributed by atoms with E-state index in [1.165, 1.54) is 36.9 Å². The van der Waals surface area contributed by atoms with Gasteiger partial charge in [-0.25, -0.2) is 18.6 Å². The van der Waals surface area contributed by atoms with Crippen LogP contribution in [-0.4, -0.2) is 0 Å². The second-order valence-electron chi connectivity index (χ2n) is 6.88. The Morgan fingerprint density at radius 2 is 1.50 bits per heavy atom. The summed E-state index contributed by atoms with van der Waals surface area (Å²) in [7, 11) is -4.94. The molecule has 0 bridgehead atoms. The van der Waals surface area contributed by atoms with Crippen LogP contribution < -0.4 is 22.6 Å². The fourth-order valence-electron chi connectivity index (χ4n) is 2.66. The SMILES string of the molecule is CC(C)(C)c1ccc(-[n+]2cc3c(s2)CCCC3)cc1.[O-][Cl+3]([O-])([O-])[O-]. The van der Waals surface area contributed by atoms with Crippen molar-refractivity contribution in [1.82, 2.24) is 0 Å². The van der Waals surface area contributed by atoms with Crippen LogP contribution in [0, 0.1) is 10.2 Å². The summed E-state index contributed by atoms with van der Waals surface area (Å²) >= 11 is 1.92. The van der Waals surface area contributed by atoms with Gasteiger partial charge >= 0.3 is 0 Å². The summed E-state index contributed by atoms with van der Waals surface area (Å²) in [4.78, 5) is 1.59. The highest BCUT2D eigenvalue weighted by atomic mass is 35.7. The van der Waals surface area contributed by atoms with E-state index in [-0.39, 0.29) is 5.41 Å². The van der Waals surface area contributed by atoms with Crippen molar-refractivity contribution < 1.29 is 32.8 Å². The van der Waals surface area contributed by atoms with Gasteiger partial charge in [0.2, 0.25) is 5.69 Å². The lowest BCUT2D eigenvalue weighted by atomic mass is 9.87. The van der Waals surface area contributed by atoms with E-state index in [2.05, 4.69) is 55.2 Å². The smallest absolute Gasteiger partial charge is 0.222 e. The van der Waals surface area contributed by atoms with Crippen LogP contribution in [-0.2, 0) is 18.3 Å². The summed E-state index contributed by atoms with van der Waals surface area (Å²) in [5.74, 6) is 0. The lowest BCUT2D eigenvalue weighted by Gasteiger charge is -2.18. The molecule has 7 heteroatoms. The Kier molecular flexibility index (Phi) is 6.01. The van der Waals surface area contributed by atoms with Gasteiger partial charge < -0.3 is 0 Å². The van der Waals surface area contributed by atoms with E-state index >= 15 is 0 Å². The minimum atomic E-state index is -4.94. The first-order valence-corrected chi connectivity index (χ1v) is 9.81. The lowest BCUT2D eigenvalue weighted by molar-refractivity contribution is -2.00. The molecule has 0 radical (unpaired) electrons. The van der Waals surface area contributed by atoms with Gasteiger partial charge in [-0.15, -0.1) is 14.2 Å². The van der Waals surface area contributed by atoms with Crippen molar-refractivity contribution in [1.29, 1.82) is 0 Å². The highest BCUT2D eigenvalue weighted by Crippen LogP contribution is 2.25. The van der Waals surface area contributed by atoms with Crippen molar-refractivity contribution >= 4 is 11.5 Å². The summed E-state index contributed by atoms with van der Waals surface area (Å²) in [6.45, 7) is 6.79. The predicted octanol–water partition coefficient (Wildman–Crippen LogP) is -0.555. The van der Waals surface area contributed by atoms with Crippen molar-refractivity contribution in [3.8, 4) is 5.69 Å². The van der Waals surface area contributed by atoms with Crippen LogP contribution in [0.5, 0.6) is 0 Å². The van der Waals surface area contributed by atoms with Gasteiger partial charge in [0.15, 0.2) is 6.20 Å². The second kappa shape index (κ2) is 7.47. The maximum absolute atomic E-state index is 8.49. The fraction of sp³-hybridized carbons (Fsp3) is 0.471. The van der Waals surface area contributed by atoms with E-state index in [9.17, 15) is 0 Å². The van der Waals surface area contributed by atoms with Crippen molar-refractivity contribution in [3.05, 3.63) is 46.5 Å². The Bertz CT molecular complexity index is 642. The molecular weight excluding hydrogens is 350 g/mol. The highest BCUT2D eigenvalue weighted by molar-refractivity contribution is 7.02. The van der Waals surface area contributed by atoms with Gasteiger partial charge in [0, 0.05) is 17.7 Å². The Balaban J connectivity index is 0.000000368. The maximum Gasteiger partial charge on any atom is 0.224 e.